The van der Waals surface area contributed by atoms with Crippen molar-refractivity contribution < 1.29 is 0 Å². The van der Waals surface area contributed by atoms with Crippen LogP contribution in [0, 0.1) is 22.7 Å². The van der Waals surface area contributed by atoms with E-state index in [4.69, 9.17) is 10.5 Å². The van der Waals surface area contributed by atoms with Crippen molar-refractivity contribution in [2.24, 2.45) is 0 Å². The third kappa shape index (κ3) is 2.86. The average molecular weight is 226 g/mol. The smallest absolute Gasteiger partial charge is 0.0994 e. The van der Waals surface area contributed by atoms with Crippen LogP contribution >= 0.6 is 0 Å². The van der Waals surface area contributed by atoms with Crippen LogP contribution in [-0.2, 0) is 6.42 Å². The van der Waals surface area contributed by atoms with Crippen molar-refractivity contribution in [1.29, 1.82) is 10.5 Å². The summed E-state index contributed by atoms with van der Waals surface area (Å²) in [6.07, 6.45) is 0.376. The molecule has 0 aliphatic heterocycles. The van der Waals surface area contributed by atoms with Gasteiger partial charge >= 0.3 is 0 Å². The molecule has 0 unspecified atom stereocenters. The van der Waals surface area contributed by atoms with Gasteiger partial charge in [0, 0.05) is 0 Å². The fourth-order valence-corrected chi connectivity index (χ4v) is 2.03. The Hall–Kier alpha value is -1.80. The van der Waals surface area contributed by atoms with E-state index in [-0.39, 0.29) is 0 Å². The monoisotopic (exact) mass is 226 g/mol. The molecule has 0 spiro atoms. The van der Waals surface area contributed by atoms with Crippen LogP contribution in [0.15, 0.2) is 12.1 Å². The molecule has 0 aromatic heterocycles. The Morgan fingerprint density at radius 2 is 1.59 bits per heavy atom. The van der Waals surface area contributed by atoms with Gasteiger partial charge in [-0.05, 0) is 34.6 Å². The second-order valence-electron chi connectivity index (χ2n) is 4.89. The Bertz CT molecular complexity index is 485. The molecule has 2 heteroatoms. The van der Waals surface area contributed by atoms with E-state index in [1.54, 1.807) is 0 Å². The number of benzene rings is 1. The molecule has 0 fully saturated rings. The lowest BCUT2D eigenvalue weighted by Crippen LogP contribution is -2.02. The van der Waals surface area contributed by atoms with Gasteiger partial charge < -0.3 is 0 Å². The summed E-state index contributed by atoms with van der Waals surface area (Å²) in [6.45, 7) is 8.41. The zero-order valence-electron chi connectivity index (χ0n) is 10.9. The number of nitriles is 2. The van der Waals surface area contributed by atoms with Gasteiger partial charge in [0.05, 0.1) is 24.1 Å². The molecule has 0 aliphatic carbocycles. The van der Waals surface area contributed by atoms with Gasteiger partial charge in [-0.25, -0.2) is 0 Å². The summed E-state index contributed by atoms with van der Waals surface area (Å²) in [7, 11) is 0. The molecule has 2 nitrogen and oxygen atoms in total. The first-order valence-electron chi connectivity index (χ1n) is 5.95. The van der Waals surface area contributed by atoms with Gasteiger partial charge in [-0.1, -0.05) is 33.8 Å². The molecule has 88 valence electrons. The third-order valence-corrected chi connectivity index (χ3v) is 2.95. The summed E-state index contributed by atoms with van der Waals surface area (Å²) in [5, 5.41) is 18.0. The summed E-state index contributed by atoms with van der Waals surface area (Å²) >= 11 is 0. The van der Waals surface area contributed by atoms with E-state index in [0.29, 0.717) is 23.8 Å². The first kappa shape index (κ1) is 13.3. The zero-order valence-corrected chi connectivity index (χ0v) is 10.9. The van der Waals surface area contributed by atoms with Crippen LogP contribution < -0.4 is 0 Å². The molecule has 0 atom stereocenters. The molecule has 0 N–H and O–H groups in total. The molecule has 1 aromatic rings. The highest BCUT2D eigenvalue weighted by Gasteiger charge is 2.14. The second-order valence-corrected chi connectivity index (χ2v) is 4.89. The summed E-state index contributed by atoms with van der Waals surface area (Å²) in [5.74, 6) is 0.710. The molecule has 0 heterocycles. The number of hydrogen-bond donors (Lipinski definition) is 0. The zero-order chi connectivity index (χ0) is 13.0. The van der Waals surface area contributed by atoms with Gasteiger partial charge in [-0.15, -0.1) is 0 Å². The summed E-state index contributed by atoms with van der Waals surface area (Å²) in [6, 6.07) is 8.38. The van der Waals surface area contributed by atoms with Crippen LogP contribution in [0.25, 0.3) is 0 Å². The van der Waals surface area contributed by atoms with Crippen molar-refractivity contribution in [3.8, 4) is 12.1 Å². The number of rotatable bonds is 3. The summed E-state index contributed by atoms with van der Waals surface area (Å²) in [4.78, 5) is 0. The molecule has 0 saturated heterocycles. The van der Waals surface area contributed by atoms with Crippen molar-refractivity contribution in [3.63, 3.8) is 0 Å². The minimum Gasteiger partial charge on any atom is -0.198 e. The maximum atomic E-state index is 9.16. The van der Waals surface area contributed by atoms with Gasteiger partial charge in [0.25, 0.3) is 0 Å². The molecule has 0 bridgehead atoms. The van der Waals surface area contributed by atoms with E-state index in [2.05, 4.69) is 45.9 Å². The first-order chi connectivity index (χ1) is 8.01. The fourth-order valence-electron chi connectivity index (χ4n) is 2.03. The SMILES string of the molecule is CC(C)c1cc(C(C)C)c(CC#N)cc1C#N. The number of nitrogens with zero attached hydrogens (tertiary/aromatic N) is 2. The summed E-state index contributed by atoms with van der Waals surface area (Å²) in [5.41, 5.74) is 3.96. The highest BCUT2D eigenvalue weighted by molar-refractivity contribution is 5.47. The standard InChI is InChI=1S/C15H18N2/c1-10(2)14-8-15(11(3)4)13(9-17)7-12(14)5-6-16/h7-8,10-11H,5H2,1-4H3. The molecule has 0 aliphatic rings. The predicted molar refractivity (Wildman–Crippen MR) is 68.7 cm³/mol. The highest BCUT2D eigenvalue weighted by atomic mass is 14.3. The number of hydrogen-bond acceptors (Lipinski definition) is 2. The van der Waals surface area contributed by atoms with Crippen molar-refractivity contribution in [3.05, 3.63) is 34.4 Å². The first-order valence-corrected chi connectivity index (χ1v) is 5.95. The Morgan fingerprint density at radius 3 is 2.00 bits per heavy atom. The van der Waals surface area contributed by atoms with Crippen LogP contribution in [0.2, 0.25) is 0 Å². The van der Waals surface area contributed by atoms with Crippen LogP contribution in [0.4, 0.5) is 0 Å². The fraction of sp³-hybridized carbons (Fsp3) is 0.467. The lowest BCUT2D eigenvalue weighted by atomic mass is 9.87. The van der Waals surface area contributed by atoms with Crippen LogP contribution in [-0.4, -0.2) is 0 Å². The highest BCUT2D eigenvalue weighted by Crippen LogP contribution is 2.28. The molecule has 0 amide bonds. The maximum absolute atomic E-state index is 9.16. The maximum Gasteiger partial charge on any atom is 0.0994 e. The van der Waals surface area contributed by atoms with Crippen molar-refractivity contribution >= 4 is 0 Å². The minimum absolute atomic E-state index is 0.332. The van der Waals surface area contributed by atoms with E-state index >= 15 is 0 Å². The van der Waals surface area contributed by atoms with E-state index in [0.717, 1.165) is 11.1 Å². The van der Waals surface area contributed by atoms with Gasteiger partial charge in [-0.3, -0.25) is 0 Å². The topological polar surface area (TPSA) is 47.6 Å². The van der Waals surface area contributed by atoms with Crippen molar-refractivity contribution in [1.82, 2.24) is 0 Å². The summed E-state index contributed by atoms with van der Waals surface area (Å²) < 4.78 is 0. The van der Waals surface area contributed by atoms with Gasteiger partial charge in [-0.2, -0.15) is 10.5 Å². The normalized spacial score (nSPS) is 10.4. The van der Waals surface area contributed by atoms with Gasteiger partial charge in [0.2, 0.25) is 0 Å². The molecule has 0 radical (unpaired) electrons. The lowest BCUT2D eigenvalue weighted by molar-refractivity contribution is 0.820. The molecule has 1 aromatic carbocycles. The second kappa shape index (κ2) is 5.51. The Kier molecular flexibility index (Phi) is 4.30. The third-order valence-electron chi connectivity index (χ3n) is 2.95. The molecule has 17 heavy (non-hydrogen) atoms. The van der Waals surface area contributed by atoms with Crippen molar-refractivity contribution in [2.75, 3.05) is 0 Å². The Morgan fingerprint density at radius 1 is 1.00 bits per heavy atom. The van der Waals surface area contributed by atoms with E-state index in [1.165, 1.54) is 5.56 Å². The van der Waals surface area contributed by atoms with Crippen LogP contribution in [0.3, 0.4) is 0 Å². The van der Waals surface area contributed by atoms with E-state index < -0.39 is 0 Å². The Balaban J connectivity index is 3.44. The lowest BCUT2D eigenvalue weighted by Gasteiger charge is -2.16. The van der Waals surface area contributed by atoms with Crippen LogP contribution in [0.1, 0.15) is 61.8 Å². The Labute approximate surface area is 104 Å². The average Bonchev–Trinajstić information content (AvgIpc) is 2.28. The van der Waals surface area contributed by atoms with Gasteiger partial charge in [0.15, 0.2) is 0 Å². The van der Waals surface area contributed by atoms with Crippen LogP contribution in [0.5, 0.6) is 0 Å². The minimum atomic E-state index is 0.332. The van der Waals surface area contributed by atoms with E-state index in [9.17, 15) is 0 Å². The largest absolute Gasteiger partial charge is 0.198 e. The molecular weight excluding hydrogens is 208 g/mol. The molecule has 1 rings (SSSR count). The quantitative estimate of drug-likeness (QED) is 0.785. The van der Waals surface area contributed by atoms with E-state index in [1.807, 2.05) is 6.07 Å². The molecule has 0 saturated carbocycles. The van der Waals surface area contributed by atoms with Gasteiger partial charge in [0.1, 0.15) is 0 Å². The molecular formula is C15H18N2. The van der Waals surface area contributed by atoms with Crippen molar-refractivity contribution in [2.45, 2.75) is 46.0 Å². The predicted octanol–water partition coefficient (Wildman–Crippen LogP) is 3.87.